The maximum Gasteiger partial charge on any atom is 0.349 e. The molecular weight excluding hydrogens is 642 g/mol. The van der Waals surface area contributed by atoms with Crippen LogP contribution in [0.25, 0.3) is 0 Å². The first-order valence-electron chi connectivity index (χ1n) is 14.6. The zero-order chi connectivity index (χ0) is 32.4. The summed E-state index contributed by atoms with van der Waals surface area (Å²) in [6.45, 7) is 12.8. The number of thioether (sulfide) groups is 1. The van der Waals surface area contributed by atoms with Crippen molar-refractivity contribution in [2.75, 3.05) is 19.0 Å². The van der Waals surface area contributed by atoms with Crippen LogP contribution in [0.1, 0.15) is 73.7 Å². The van der Waals surface area contributed by atoms with E-state index >= 15 is 0 Å². The first-order chi connectivity index (χ1) is 20.8. The number of morpholine rings is 1. The zero-order valence-electron chi connectivity index (χ0n) is 26.0. The van der Waals surface area contributed by atoms with E-state index in [1.54, 1.807) is 26.0 Å². The molecule has 2 aromatic carbocycles. The molecule has 2 fully saturated rings. The largest absolute Gasteiger partial charge is 0.462 e. The molecule has 44 heavy (non-hydrogen) atoms. The summed E-state index contributed by atoms with van der Waals surface area (Å²) < 4.78 is 24.6. The predicted molar refractivity (Wildman–Crippen MR) is 179 cm³/mol. The fraction of sp³-hybridized carbons (Fsp3) is 0.485. The second-order valence-electron chi connectivity index (χ2n) is 11.5. The number of aromatic nitrogens is 1. The second kappa shape index (κ2) is 16.9. The van der Waals surface area contributed by atoms with Crippen LogP contribution in [-0.4, -0.2) is 57.6 Å². The van der Waals surface area contributed by atoms with Crippen molar-refractivity contribution in [3.8, 4) is 0 Å². The minimum absolute atomic E-state index is 0.00279. The highest BCUT2D eigenvalue weighted by Crippen LogP contribution is 2.43. The van der Waals surface area contributed by atoms with Crippen molar-refractivity contribution < 1.29 is 23.5 Å². The molecule has 1 aliphatic heterocycles. The standard InChI is InChI=1S/C20H27ClFNO2S.C7H9NO2S.C6H5Cl/c1-12-19(24)23(18(13-5-6-13)11-26-20(2,3)4)17(10-25-12)14-7-8-15(21)16(22)9-14;1-3-10-7(9)6-4-8-5(2)11-6;7-6-4-2-1-3-5-6/h7-9,12-13,17-18H,5-6,10-11H2,1-4H3;4H,3H2,1-2H3;1-5H/t12?,17-,18?;;/m0../s1. The Hall–Kier alpha value is -2.17. The molecule has 3 atom stereocenters. The smallest absolute Gasteiger partial charge is 0.349 e. The van der Waals surface area contributed by atoms with E-state index in [-0.39, 0.29) is 33.7 Å². The lowest BCUT2D eigenvalue weighted by Crippen LogP contribution is -2.54. The van der Waals surface area contributed by atoms with Crippen molar-refractivity contribution in [3.05, 3.63) is 86.0 Å². The number of rotatable bonds is 7. The van der Waals surface area contributed by atoms with Gasteiger partial charge in [0.15, 0.2) is 0 Å². The van der Waals surface area contributed by atoms with Gasteiger partial charge in [0.1, 0.15) is 16.8 Å². The average Bonchev–Trinajstić information content (AvgIpc) is 3.72. The molecule has 1 saturated carbocycles. The Labute approximate surface area is 278 Å². The van der Waals surface area contributed by atoms with Gasteiger partial charge in [0.05, 0.1) is 35.5 Å². The quantitative estimate of drug-likeness (QED) is 0.232. The molecule has 6 nitrogen and oxygen atoms in total. The maximum atomic E-state index is 14.0. The van der Waals surface area contributed by atoms with Gasteiger partial charge in [0.25, 0.3) is 5.91 Å². The van der Waals surface area contributed by atoms with Gasteiger partial charge in [-0.3, -0.25) is 4.79 Å². The third kappa shape index (κ3) is 11.3. The van der Waals surface area contributed by atoms with Gasteiger partial charge in [0, 0.05) is 21.6 Å². The van der Waals surface area contributed by atoms with E-state index in [1.807, 2.05) is 53.9 Å². The number of hydrogen-bond acceptors (Lipinski definition) is 7. The molecule has 1 saturated heterocycles. The van der Waals surface area contributed by atoms with Gasteiger partial charge in [-0.25, -0.2) is 14.2 Å². The molecule has 3 aromatic rings. The summed E-state index contributed by atoms with van der Waals surface area (Å²) in [6.07, 6.45) is 3.38. The Morgan fingerprint density at radius 2 is 1.89 bits per heavy atom. The van der Waals surface area contributed by atoms with Crippen LogP contribution in [0.5, 0.6) is 0 Å². The number of nitrogens with zero attached hydrogens (tertiary/aromatic N) is 2. The highest BCUT2D eigenvalue weighted by atomic mass is 35.5. The average molecular weight is 684 g/mol. The van der Waals surface area contributed by atoms with Crippen LogP contribution in [0.15, 0.2) is 54.7 Å². The van der Waals surface area contributed by atoms with Crippen LogP contribution < -0.4 is 0 Å². The van der Waals surface area contributed by atoms with Crippen LogP contribution in [-0.2, 0) is 14.3 Å². The molecule has 240 valence electrons. The van der Waals surface area contributed by atoms with Crippen molar-refractivity contribution in [2.45, 2.75) is 77.3 Å². The lowest BCUT2D eigenvalue weighted by molar-refractivity contribution is -0.162. The number of esters is 1. The Morgan fingerprint density at radius 3 is 2.39 bits per heavy atom. The summed E-state index contributed by atoms with van der Waals surface area (Å²) in [5.74, 6) is 0.682. The molecule has 5 rings (SSSR count). The van der Waals surface area contributed by atoms with Crippen molar-refractivity contribution in [1.29, 1.82) is 0 Å². The molecule has 1 aliphatic carbocycles. The lowest BCUT2D eigenvalue weighted by atomic mass is 9.99. The number of thiazole rings is 1. The van der Waals surface area contributed by atoms with Crippen molar-refractivity contribution in [2.24, 2.45) is 5.92 Å². The van der Waals surface area contributed by atoms with E-state index in [4.69, 9.17) is 32.7 Å². The summed E-state index contributed by atoms with van der Waals surface area (Å²) in [7, 11) is 0. The van der Waals surface area contributed by atoms with Crippen LogP contribution in [0.2, 0.25) is 10.0 Å². The van der Waals surface area contributed by atoms with E-state index < -0.39 is 11.9 Å². The summed E-state index contributed by atoms with van der Waals surface area (Å²) in [5.41, 5.74) is 0.749. The number of ether oxygens (including phenoxy) is 2. The minimum Gasteiger partial charge on any atom is -0.462 e. The zero-order valence-corrected chi connectivity index (χ0v) is 29.2. The number of carbonyl (C=O) groups is 2. The molecule has 11 heteroatoms. The maximum absolute atomic E-state index is 14.0. The molecule has 2 heterocycles. The van der Waals surface area contributed by atoms with E-state index in [1.165, 1.54) is 23.6 Å². The van der Waals surface area contributed by atoms with Gasteiger partial charge in [-0.1, -0.05) is 68.2 Å². The topological polar surface area (TPSA) is 68.7 Å². The summed E-state index contributed by atoms with van der Waals surface area (Å²) in [6, 6.07) is 14.1. The minimum atomic E-state index is -0.456. The Morgan fingerprint density at radius 1 is 1.20 bits per heavy atom. The normalized spacial score (nSPS) is 18.8. The van der Waals surface area contributed by atoms with Crippen molar-refractivity contribution in [1.82, 2.24) is 9.88 Å². The Balaban J connectivity index is 0.000000239. The highest BCUT2D eigenvalue weighted by molar-refractivity contribution is 8.00. The van der Waals surface area contributed by atoms with Gasteiger partial charge in [-0.2, -0.15) is 11.8 Å². The van der Waals surface area contributed by atoms with Crippen LogP contribution in [0.4, 0.5) is 4.39 Å². The number of amides is 1. The van der Waals surface area contributed by atoms with E-state index in [0.29, 0.717) is 24.0 Å². The number of benzene rings is 2. The van der Waals surface area contributed by atoms with E-state index in [0.717, 1.165) is 34.2 Å². The summed E-state index contributed by atoms with van der Waals surface area (Å²) in [5, 5.41) is 1.77. The number of carbonyl (C=O) groups excluding carboxylic acids is 2. The molecule has 0 spiro atoms. The van der Waals surface area contributed by atoms with Crippen LogP contribution >= 0.6 is 46.3 Å². The van der Waals surface area contributed by atoms with Gasteiger partial charge < -0.3 is 14.4 Å². The third-order valence-electron chi connectivity index (χ3n) is 6.81. The number of hydrogen-bond donors (Lipinski definition) is 0. The molecule has 0 bridgehead atoms. The summed E-state index contributed by atoms with van der Waals surface area (Å²) in [4.78, 5) is 30.5. The molecule has 2 unspecified atom stereocenters. The van der Waals surface area contributed by atoms with Crippen LogP contribution in [0.3, 0.4) is 0 Å². The highest BCUT2D eigenvalue weighted by Gasteiger charge is 2.45. The van der Waals surface area contributed by atoms with Gasteiger partial charge in [-0.05, 0) is 69.4 Å². The lowest BCUT2D eigenvalue weighted by Gasteiger charge is -2.44. The fourth-order valence-electron chi connectivity index (χ4n) is 4.45. The van der Waals surface area contributed by atoms with Gasteiger partial charge in [0.2, 0.25) is 0 Å². The molecule has 1 amide bonds. The number of halogens is 3. The van der Waals surface area contributed by atoms with Gasteiger partial charge >= 0.3 is 5.97 Å². The van der Waals surface area contributed by atoms with E-state index in [2.05, 4.69) is 25.8 Å². The van der Waals surface area contributed by atoms with Gasteiger partial charge in [-0.15, -0.1) is 11.3 Å². The monoisotopic (exact) mass is 682 g/mol. The molecule has 0 N–H and O–H groups in total. The second-order valence-corrected chi connectivity index (χ2v) is 15.4. The number of aryl methyl sites for hydroxylation is 1. The van der Waals surface area contributed by atoms with Crippen molar-refractivity contribution in [3.63, 3.8) is 0 Å². The van der Waals surface area contributed by atoms with Crippen molar-refractivity contribution >= 4 is 58.2 Å². The predicted octanol–water partition coefficient (Wildman–Crippen LogP) is 9.05. The Kier molecular flexibility index (Phi) is 14.0. The fourth-order valence-corrected chi connectivity index (χ4v) is 6.49. The first-order valence-corrected chi connectivity index (χ1v) is 17.2. The van der Waals surface area contributed by atoms with Crippen LogP contribution in [0, 0.1) is 18.7 Å². The molecule has 1 aromatic heterocycles. The first kappa shape index (κ1) is 36.3. The SMILES string of the molecule is CC1OC[C@@H](c2ccc(Cl)c(F)c2)N(C(CSC(C)(C)C)C2CC2)C1=O.CCOC(=O)c1cnc(C)s1.Clc1ccccc1. The molecular formula is C33H41Cl2FN2O4S2. The summed E-state index contributed by atoms with van der Waals surface area (Å²) >= 11 is 14.6. The third-order valence-corrected chi connectivity index (χ3v) is 9.64. The molecule has 0 radical (unpaired) electrons. The Bertz CT molecular complexity index is 1370. The van der Waals surface area contributed by atoms with E-state index in [9.17, 15) is 14.0 Å². The molecule has 2 aliphatic rings.